The summed E-state index contributed by atoms with van der Waals surface area (Å²) >= 11 is 5.76. The molecular weight excluding hydrogens is 332 g/mol. The molecule has 5 nitrogen and oxygen atoms in total. The average molecular weight is 345 g/mol. The Labute approximate surface area is 143 Å². The summed E-state index contributed by atoms with van der Waals surface area (Å²) in [4.78, 5) is 23.6. The van der Waals surface area contributed by atoms with Gasteiger partial charge < -0.3 is 14.2 Å². The number of esters is 1. The summed E-state index contributed by atoms with van der Waals surface area (Å²) in [5, 5.41) is 0.537. The molecule has 0 saturated heterocycles. The van der Waals surface area contributed by atoms with Crippen LogP contribution in [0, 0.1) is 0 Å². The minimum atomic E-state index is -0.602. The molecule has 0 spiro atoms. The van der Waals surface area contributed by atoms with E-state index in [4.69, 9.17) is 25.8 Å². The molecule has 0 fully saturated rings. The van der Waals surface area contributed by atoms with E-state index >= 15 is 0 Å². The van der Waals surface area contributed by atoms with Crippen molar-refractivity contribution in [3.8, 4) is 11.5 Å². The van der Waals surface area contributed by atoms with Crippen LogP contribution in [-0.2, 0) is 9.53 Å². The van der Waals surface area contributed by atoms with Crippen LogP contribution < -0.4 is 9.47 Å². The minimum absolute atomic E-state index is 0.192. The monoisotopic (exact) mass is 344 g/mol. The summed E-state index contributed by atoms with van der Waals surface area (Å²) < 4.78 is 15.4. The van der Waals surface area contributed by atoms with E-state index < -0.39 is 5.97 Å². The van der Waals surface area contributed by atoms with Gasteiger partial charge in [-0.1, -0.05) is 17.7 Å². The minimum Gasteiger partial charge on any atom is -0.454 e. The fourth-order valence-corrected chi connectivity index (χ4v) is 2.21. The van der Waals surface area contributed by atoms with Crippen molar-refractivity contribution in [2.75, 3.05) is 13.4 Å². The molecule has 2 aromatic rings. The zero-order valence-electron chi connectivity index (χ0n) is 12.5. The Hall–Kier alpha value is -2.79. The fraction of sp³-hybridized carbons (Fsp3) is 0.111. The zero-order chi connectivity index (χ0) is 16.9. The molecule has 0 aliphatic carbocycles. The second-order valence-corrected chi connectivity index (χ2v) is 5.42. The quantitative estimate of drug-likeness (QED) is 0.472. The number of Topliss-reactive ketones (excluding diaryl/α,β-unsaturated/α-hetero) is 1. The summed E-state index contributed by atoms with van der Waals surface area (Å²) in [7, 11) is 0. The average Bonchev–Trinajstić information content (AvgIpc) is 3.06. The molecule has 0 amide bonds. The van der Waals surface area contributed by atoms with Gasteiger partial charge in [-0.3, -0.25) is 4.79 Å². The van der Waals surface area contributed by atoms with E-state index in [0.717, 1.165) is 5.56 Å². The van der Waals surface area contributed by atoms with E-state index in [-0.39, 0.29) is 19.2 Å². The molecule has 0 N–H and O–H groups in total. The van der Waals surface area contributed by atoms with Crippen LogP contribution in [0.2, 0.25) is 5.02 Å². The number of benzene rings is 2. The van der Waals surface area contributed by atoms with Crippen molar-refractivity contribution >= 4 is 29.4 Å². The number of hydrogen-bond acceptors (Lipinski definition) is 5. The van der Waals surface area contributed by atoms with E-state index in [9.17, 15) is 9.59 Å². The van der Waals surface area contributed by atoms with Crippen LogP contribution in [0.4, 0.5) is 0 Å². The molecule has 122 valence electrons. The summed E-state index contributed by atoms with van der Waals surface area (Å²) in [6.07, 6.45) is 2.84. The second-order valence-electron chi connectivity index (χ2n) is 4.98. The molecule has 1 aliphatic heterocycles. The van der Waals surface area contributed by atoms with Crippen molar-refractivity contribution in [3.63, 3.8) is 0 Å². The first kappa shape index (κ1) is 16.1. The predicted octanol–water partition coefficient (Wildman–Crippen LogP) is 3.51. The molecule has 0 atom stereocenters. The summed E-state index contributed by atoms with van der Waals surface area (Å²) in [5.74, 6) is 0.401. The number of carbonyl (C=O) groups excluding carboxylic acids is 2. The zero-order valence-corrected chi connectivity index (χ0v) is 13.3. The molecule has 0 radical (unpaired) electrons. The van der Waals surface area contributed by atoms with Crippen LogP contribution in [-0.4, -0.2) is 25.2 Å². The van der Waals surface area contributed by atoms with Gasteiger partial charge in [0.15, 0.2) is 23.9 Å². The molecule has 0 saturated carbocycles. The largest absolute Gasteiger partial charge is 0.454 e. The number of halogens is 1. The SMILES string of the molecule is O=C(C=Cc1ccc2c(c1)OCO2)OCC(=O)c1ccc(Cl)cc1. The predicted molar refractivity (Wildman–Crippen MR) is 88.3 cm³/mol. The number of ketones is 1. The van der Waals surface area contributed by atoms with Gasteiger partial charge in [0.05, 0.1) is 0 Å². The highest BCUT2D eigenvalue weighted by Gasteiger charge is 2.12. The Kier molecular flexibility index (Phi) is 4.82. The maximum Gasteiger partial charge on any atom is 0.331 e. The smallest absolute Gasteiger partial charge is 0.331 e. The molecule has 6 heteroatoms. The van der Waals surface area contributed by atoms with Crippen LogP contribution in [0.5, 0.6) is 11.5 Å². The Morgan fingerprint density at radius 3 is 2.62 bits per heavy atom. The van der Waals surface area contributed by atoms with E-state index in [1.165, 1.54) is 6.08 Å². The topological polar surface area (TPSA) is 61.8 Å². The Morgan fingerprint density at radius 2 is 1.83 bits per heavy atom. The van der Waals surface area contributed by atoms with Gasteiger partial charge in [0.25, 0.3) is 0 Å². The molecule has 0 aromatic heterocycles. The molecule has 0 unspecified atom stereocenters. The van der Waals surface area contributed by atoms with Crippen LogP contribution in [0.15, 0.2) is 48.5 Å². The Morgan fingerprint density at radius 1 is 1.08 bits per heavy atom. The summed E-state index contributed by atoms with van der Waals surface area (Å²) in [6, 6.07) is 11.7. The first-order valence-corrected chi connectivity index (χ1v) is 7.53. The summed E-state index contributed by atoms with van der Waals surface area (Å²) in [5.41, 5.74) is 1.20. The van der Waals surface area contributed by atoms with Crippen LogP contribution >= 0.6 is 11.6 Å². The standard InChI is InChI=1S/C18H13ClO5/c19-14-5-3-13(4-6-14)15(20)10-22-18(21)8-2-12-1-7-16-17(9-12)24-11-23-16/h1-9H,10-11H2. The van der Waals surface area contributed by atoms with Gasteiger partial charge >= 0.3 is 5.97 Å². The molecule has 3 rings (SSSR count). The van der Waals surface area contributed by atoms with Gasteiger partial charge in [-0.2, -0.15) is 0 Å². The van der Waals surface area contributed by atoms with E-state index in [1.54, 1.807) is 48.5 Å². The third kappa shape index (κ3) is 3.94. The molecule has 1 aliphatic rings. The number of ether oxygens (including phenoxy) is 3. The number of hydrogen-bond donors (Lipinski definition) is 0. The van der Waals surface area contributed by atoms with Gasteiger partial charge in [0.1, 0.15) is 0 Å². The first-order chi connectivity index (χ1) is 11.6. The third-order valence-electron chi connectivity index (χ3n) is 3.32. The van der Waals surface area contributed by atoms with Crippen molar-refractivity contribution in [2.24, 2.45) is 0 Å². The van der Waals surface area contributed by atoms with Crippen molar-refractivity contribution < 1.29 is 23.8 Å². The fourth-order valence-electron chi connectivity index (χ4n) is 2.08. The maximum absolute atomic E-state index is 11.9. The molecular formula is C18H13ClO5. The van der Waals surface area contributed by atoms with Gasteiger partial charge in [-0.05, 0) is 48.0 Å². The number of fused-ring (bicyclic) bond motifs is 1. The Balaban J connectivity index is 1.53. The van der Waals surface area contributed by atoms with Crippen molar-refractivity contribution in [1.82, 2.24) is 0 Å². The van der Waals surface area contributed by atoms with E-state index in [0.29, 0.717) is 22.1 Å². The van der Waals surface area contributed by atoms with Crippen molar-refractivity contribution in [1.29, 1.82) is 0 Å². The van der Waals surface area contributed by atoms with Gasteiger partial charge in [-0.25, -0.2) is 4.79 Å². The van der Waals surface area contributed by atoms with Gasteiger partial charge in [0.2, 0.25) is 6.79 Å². The lowest BCUT2D eigenvalue weighted by atomic mass is 10.1. The highest BCUT2D eigenvalue weighted by molar-refractivity contribution is 6.30. The molecule has 24 heavy (non-hydrogen) atoms. The number of carbonyl (C=O) groups is 2. The van der Waals surface area contributed by atoms with E-state index in [1.807, 2.05) is 0 Å². The van der Waals surface area contributed by atoms with E-state index in [2.05, 4.69) is 0 Å². The van der Waals surface area contributed by atoms with Crippen LogP contribution in [0.25, 0.3) is 6.08 Å². The second kappa shape index (κ2) is 7.19. The lowest BCUT2D eigenvalue weighted by Crippen LogP contribution is -2.12. The molecule has 1 heterocycles. The van der Waals surface area contributed by atoms with Crippen molar-refractivity contribution in [3.05, 3.63) is 64.7 Å². The van der Waals surface area contributed by atoms with Crippen LogP contribution in [0.3, 0.4) is 0 Å². The lowest BCUT2D eigenvalue weighted by molar-refractivity contribution is -0.136. The normalized spacial score (nSPS) is 12.4. The lowest BCUT2D eigenvalue weighted by Gasteiger charge is -2.02. The van der Waals surface area contributed by atoms with Crippen molar-refractivity contribution in [2.45, 2.75) is 0 Å². The van der Waals surface area contributed by atoms with Gasteiger partial charge in [-0.15, -0.1) is 0 Å². The molecule has 2 aromatic carbocycles. The Bertz CT molecular complexity index is 796. The third-order valence-corrected chi connectivity index (χ3v) is 3.57. The first-order valence-electron chi connectivity index (χ1n) is 7.15. The van der Waals surface area contributed by atoms with Gasteiger partial charge in [0, 0.05) is 16.7 Å². The highest BCUT2D eigenvalue weighted by atomic mass is 35.5. The van der Waals surface area contributed by atoms with Crippen LogP contribution in [0.1, 0.15) is 15.9 Å². The molecule has 0 bridgehead atoms. The number of rotatable bonds is 5. The summed E-state index contributed by atoms with van der Waals surface area (Å²) in [6.45, 7) is -0.136. The highest BCUT2D eigenvalue weighted by Crippen LogP contribution is 2.32. The maximum atomic E-state index is 11.9.